The Morgan fingerprint density at radius 3 is 2.94 bits per heavy atom. The number of nitrogens with zero attached hydrogens (tertiary/aromatic N) is 1. The molecule has 1 atom stereocenters. The largest absolute Gasteiger partial charge is 0.480 e. The third-order valence-corrected chi connectivity index (χ3v) is 3.35. The first-order valence-corrected chi connectivity index (χ1v) is 6.25. The molecular weight excluding hydrogens is 234 g/mol. The van der Waals surface area contributed by atoms with Crippen molar-refractivity contribution >= 4 is 11.9 Å². The molecule has 1 saturated heterocycles. The summed E-state index contributed by atoms with van der Waals surface area (Å²) >= 11 is 0. The highest BCUT2D eigenvalue weighted by atomic mass is 16.4. The predicted molar refractivity (Wildman–Crippen MR) is 64.4 cm³/mol. The summed E-state index contributed by atoms with van der Waals surface area (Å²) in [7, 11) is 0. The molecule has 0 radical (unpaired) electrons. The molecule has 1 amide bonds. The number of carboxylic acid groups (broad SMARTS) is 1. The number of piperidine rings is 1. The Balaban J connectivity index is 2.23. The van der Waals surface area contributed by atoms with Crippen molar-refractivity contribution in [2.75, 3.05) is 6.54 Å². The molecule has 1 fully saturated rings. The summed E-state index contributed by atoms with van der Waals surface area (Å²) in [6.45, 7) is 2.41. The van der Waals surface area contributed by atoms with E-state index in [1.165, 1.54) is 11.2 Å². The Labute approximate surface area is 105 Å². The van der Waals surface area contributed by atoms with E-state index in [-0.39, 0.29) is 5.91 Å². The monoisotopic (exact) mass is 251 g/mol. The average molecular weight is 251 g/mol. The molecule has 5 heteroatoms. The van der Waals surface area contributed by atoms with Crippen molar-refractivity contribution in [3.63, 3.8) is 0 Å². The van der Waals surface area contributed by atoms with E-state index in [0.717, 1.165) is 12.8 Å². The molecule has 0 bridgehead atoms. The Bertz CT molecular complexity index is 452. The van der Waals surface area contributed by atoms with Crippen LogP contribution in [0.4, 0.5) is 0 Å². The summed E-state index contributed by atoms with van der Waals surface area (Å²) in [6, 6.07) is 0.917. The summed E-state index contributed by atoms with van der Waals surface area (Å²) in [5.41, 5.74) is 0.491. The zero-order valence-electron chi connectivity index (χ0n) is 10.4. The van der Waals surface area contributed by atoms with E-state index in [9.17, 15) is 9.59 Å². The van der Waals surface area contributed by atoms with Crippen molar-refractivity contribution in [3.05, 3.63) is 23.7 Å². The second kappa shape index (κ2) is 5.25. The molecule has 2 rings (SSSR count). The maximum atomic E-state index is 12.4. The van der Waals surface area contributed by atoms with E-state index in [1.807, 2.05) is 6.92 Å². The van der Waals surface area contributed by atoms with Crippen LogP contribution >= 0.6 is 0 Å². The molecule has 18 heavy (non-hydrogen) atoms. The van der Waals surface area contributed by atoms with Gasteiger partial charge in [-0.25, -0.2) is 4.79 Å². The van der Waals surface area contributed by atoms with Gasteiger partial charge in [0.2, 0.25) is 0 Å². The van der Waals surface area contributed by atoms with Gasteiger partial charge in [0, 0.05) is 13.0 Å². The maximum Gasteiger partial charge on any atom is 0.326 e. The van der Waals surface area contributed by atoms with Gasteiger partial charge in [0.15, 0.2) is 0 Å². The van der Waals surface area contributed by atoms with E-state index in [1.54, 1.807) is 6.07 Å². The zero-order chi connectivity index (χ0) is 13.1. The summed E-state index contributed by atoms with van der Waals surface area (Å²) < 4.78 is 5.23. The standard InChI is InChI=1S/C13H17NO4/c1-2-11-9(6-8-18-11)12(15)14-7-4-3-5-10(14)13(16)17/h6,8,10H,2-5,7H2,1H3,(H,16,17)/t10-/m1/s1. The summed E-state index contributed by atoms with van der Waals surface area (Å²) in [6.07, 6.45) is 4.34. The lowest BCUT2D eigenvalue weighted by atomic mass is 10.0. The van der Waals surface area contributed by atoms with Gasteiger partial charge in [0.1, 0.15) is 11.8 Å². The minimum absolute atomic E-state index is 0.229. The minimum atomic E-state index is -0.926. The number of hydrogen-bond donors (Lipinski definition) is 1. The minimum Gasteiger partial charge on any atom is -0.480 e. The molecule has 2 heterocycles. The van der Waals surface area contributed by atoms with Crippen LogP contribution in [0, 0.1) is 0 Å². The van der Waals surface area contributed by atoms with Crippen molar-refractivity contribution in [3.8, 4) is 0 Å². The third-order valence-electron chi connectivity index (χ3n) is 3.35. The smallest absolute Gasteiger partial charge is 0.326 e. The fourth-order valence-corrected chi connectivity index (χ4v) is 2.39. The Morgan fingerprint density at radius 1 is 1.50 bits per heavy atom. The van der Waals surface area contributed by atoms with Crippen LogP contribution in [0.3, 0.4) is 0 Å². The average Bonchev–Trinajstić information content (AvgIpc) is 2.86. The highest BCUT2D eigenvalue weighted by molar-refractivity contribution is 5.97. The Hall–Kier alpha value is -1.78. The number of likely N-dealkylation sites (tertiary alicyclic amines) is 1. The van der Waals surface area contributed by atoms with Crippen molar-refractivity contribution in [2.24, 2.45) is 0 Å². The van der Waals surface area contributed by atoms with Crippen LogP contribution in [-0.2, 0) is 11.2 Å². The quantitative estimate of drug-likeness (QED) is 0.891. The predicted octanol–water partition coefficient (Wildman–Crippen LogP) is 1.92. The van der Waals surface area contributed by atoms with Crippen LogP contribution in [0.15, 0.2) is 16.7 Å². The molecule has 0 spiro atoms. The molecule has 1 aromatic rings. The van der Waals surface area contributed by atoms with E-state index in [0.29, 0.717) is 30.7 Å². The first-order chi connectivity index (χ1) is 8.65. The van der Waals surface area contributed by atoms with Crippen LogP contribution in [0.25, 0.3) is 0 Å². The zero-order valence-corrected chi connectivity index (χ0v) is 10.4. The van der Waals surface area contributed by atoms with Gasteiger partial charge < -0.3 is 14.4 Å². The van der Waals surface area contributed by atoms with Crippen LogP contribution in [0.5, 0.6) is 0 Å². The van der Waals surface area contributed by atoms with Crippen LogP contribution < -0.4 is 0 Å². The number of amides is 1. The molecule has 1 N–H and O–H groups in total. The number of carbonyl (C=O) groups excluding carboxylic acids is 1. The molecular formula is C13H17NO4. The summed E-state index contributed by atoms with van der Waals surface area (Å²) in [5.74, 6) is -0.535. The Morgan fingerprint density at radius 2 is 2.28 bits per heavy atom. The van der Waals surface area contributed by atoms with Gasteiger partial charge >= 0.3 is 5.97 Å². The van der Waals surface area contributed by atoms with Gasteiger partial charge in [-0.15, -0.1) is 0 Å². The molecule has 0 aromatic carbocycles. The molecule has 0 saturated carbocycles. The van der Waals surface area contributed by atoms with E-state index in [4.69, 9.17) is 9.52 Å². The first-order valence-electron chi connectivity index (χ1n) is 6.25. The highest BCUT2D eigenvalue weighted by Crippen LogP contribution is 2.22. The van der Waals surface area contributed by atoms with Crippen LogP contribution in [-0.4, -0.2) is 34.5 Å². The van der Waals surface area contributed by atoms with Crippen molar-refractivity contribution < 1.29 is 19.1 Å². The van der Waals surface area contributed by atoms with E-state index in [2.05, 4.69) is 0 Å². The fraction of sp³-hybridized carbons (Fsp3) is 0.538. The van der Waals surface area contributed by atoms with Gasteiger partial charge in [0.25, 0.3) is 5.91 Å². The number of carboxylic acids is 1. The third kappa shape index (κ3) is 2.25. The SMILES string of the molecule is CCc1occc1C(=O)N1CCCC[C@@H]1C(=O)O. The van der Waals surface area contributed by atoms with Crippen molar-refractivity contribution in [2.45, 2.75) is 38.6 Å². The number of rotatable bonds is 3. The summed E-state index contributed by atoms with van der Waals surface area (Å²) in [5, 5.41) is 9.16. The molecule has 1 aliphatic rings. The molecule has 98 valence electrons. The van der Waals surface area contributed by atoms with Crippen molar-refractivity contribution in [1.82, 2.24) is 4.90 Å². The second-order valence-corrected chi connectivity index (χ2v) is 4.46. The lowest BCUT2D eigenvalue weighted by molar-refractivity contribution is -0.143. The number of hydrogen-bond acceptors (Lipinski definition) is 3. The van der Waals surface area contributed by atoms with Crippen LogP contribution in [0.1, 0.15) is 42.3 Å². The normalized spacial score (nSPS) is 19.8. The maximum absolute atomic E-state index is 12.4. The molecule has 5 nitrogen and oxygen atoms in total. The molecule has 0 unspecified atom stereocenters. The second-order valence-electron chi connectivity index (χ2n) is 4.46. The van der Waals surface area contributed by atoms with Gasteiger partial charge in [-0.05, 0) is 25.3 Å². The molecule has 0 aliphatic carbocycles. The lowest BCUT2D eigenvalue weighted by Gasteiger charge is -2.32. The molecule has 1 aromatic heterocycles. The lowest BCUT2D eigenvalue weighted by Crippen LogP contribution is -2.48. The van der Waals surface area contributed by atoms with Gasteiger partial charge in [0.05, 0.1) is 11.8 Å². The van der Waals surface area contributed by atoms with Crippen LogP contribution in [0.2, 0.25) is 0 Å². The highest BCUT2D eigenvalue weighted by Gasteiger charge is 2.33. The first kappa shape index (κ1) is 12.7. The Kier molecular flexibility index (Phi) is 3.69. The van der Waals surface area contributed by atoms with E-state index < -0.39 is 12.0 Å². The van der Waals surface area contributed by atoms with Gasteiger partial charge in [-0.2, -0.15) is 0 Å². The number of furan rings is 1. The molecule has 1 aliphatic heterocycles. The van der Waals surface area contributed by atoms with Gasteiger partial charge in [-0.1, -0.05) is 6.92 Å². The van der Waals surface area contributed by atoms with Gasteiger partial charge in [-0.3, -0.25) is 4.79 Å². The number of aliphatic carboxylic acids is 1. The number of carbonyl (C=O) groups is 2. The fourth-order valence-electron chi connectivity index (χ4n) is 2.39. The van der Waals surface area contributed by atoms with E-state index >= 15 is 0 Å². The summed E-state index contributed by atoms with van der Waals surface area (Å²) in [4.78, 5) is 25.0. The number of aryl methyl sites for hydroxylation is 1. The topological polar surface area (TPSA) is 70.8 Å². The van der Waals surface area contributed by atoms with Crippen molar-refractivity contribution in [1.29, 1.82) is 0 Å².